The van der Waals surface area contributed by atoms with E-state index in [4.69, 9.17) is 4.98 Å². The zero-order valence-electron chi connectivity index (χ0n) is 14.2. The molecule has 0 aromatic carbocycles. The first-order chi connectivity index (χ1) is 11.1. The van der Waals surface area contributed by atoms with Gasteiger partial charge < -0.3 is 4.90 Å². The molecule has 23 heavy (non-hydrogen) atoms. The molecule has 0 radical (unpaired) electrons. The van der Waals surface area contributed by atoms with E-state index in [0.29, 0.717) is 0 Å². The van der Waals surface area contributed by atoms with Crippen molar-refractivity contribution in [1.29, 1.82) is 0 Å². The number of imidazole rings is 1. The van der Waals surface area contributed by atoms with E-state index in [2.05, 4.69) is 33.6 Å². The number of rotatable bonds is 5. The third kappa shape index (κ3) is 3.04. The van der Waals surface area contributed by atoms with Crippen LogP contribution >= 0.6 is 0 Å². The molecule has 3 heterocycles. The molecule has 0 atom stereocenters. The summed E-state index contributed by atoms with van der Waals surface area (Å²) in [5.41, 5.74) is 5.16. The summed E-state index contributed by atoms with van der Waals surface area (Å²) >= 11 is 0. The monoisotopic (exact) mass is 309 g/mol. The van der Waals surface area contributed by atoms with E-state index in [1.807, 2.05) is 44.5 Å². The van der Waals surface area contributed by atoms with E-state index in [0.717, 1.165) is 53.2 Å². The standard InChI is InChI=1S/C18H23N5/c1-5-6-7-23-17-16(21-18(23)22(3)4)9-15(12-20-17)14-8-13(2)10-19-11-14/h8-12H,5-7H2,1-4H3. The molecule has 0 fully saturated rings. The predicted molar refractivity (Wildman–Crippen MR) is 94.7 cm³/mol. The van der Waals surface area contributed by atoms with Gasteiger partial charge in [-0.2, -0.15) is 0 Å². The van der Waals surface area contributed by atoms with E-state index in [9.17, 15) is 0 Å². The molecule has 5 nitrogen and oxygen atoms in total. The molecule has 3 rings (SSSR count). The smallest absolute Gasteiger partial charge is 0.207 e. The van der Waals surface area contributed by atoms with Gasteiger partial charge in [0.15, 0.2) is 5.65 Å². The van der Waals surface area contributed by atoms with Gasteiger partial charge in [0.2, 0.25) is 5.95 Å². The molecule has 0 bridgehead atoms. The largest absolute Gasteiger partial charge is 0.348 e. The van der Waals surface area contributed by atoms with Crippen LogP contribution in [0.3, 0.4) is 0 Å². The van der Waals surface area contributed by atoms with Gasteiger partial charge in [-0.1, -0.05) is 13.3 Å². The number of anilines is 1. The summed E-state index contributed by atoms with van der Waals surface area (Å²) in [4.78, 5) is 15.8. The Kier molecular flexibility index (Phi) is 4.28. The molecule has 0 amide bonds. The van der Waals surface area contributed by atoms with Crippen molar-refractivity contribution in [2.24, 2.45) is 0 Å². The van der Waals surface area contributed by atoms with Gasteiger partial charge in [-0.25, -0.2) is 9.97 Å². The summed E-state index contributed by atoms with van der Waals surface area (Å²) in [6, 6.07) is 4.23. The van der Waals surface area contributed by atoms with Crippen LogP contribution in [-0.2, 0) is 6.54 Å². The maximum absolute atomic E-state index is 4.78. The van der Waals surface area contributed by atoms with Crippen LogP contribution in [0, 0.1) is 6.92 Å². The van der Waals surface area contributed by atoms with Gasteiger partial charge in [-0.3, -0.25) is 9.55 Å². The molecular weight excluding hydrogens is 286 g/mol. The fourth-order valence-electron chi connectivity index (χ4n) is 2.73. The Morgan fingerprint density at radius 3 is 2.57 bits per heavy atom. The fourth-order valence-corrected chi connectivity index (χ4v) is 2.73. The fraction of sp³-hybridized carbons (Fsp3) is 0.389. The van der Waals surface area contributed by atoms with Crippen molar-refractivity contribution in [2.75, 3.05) is 19.0 Å². The number of nitrogens with zero attached hydrogens (tertiary/aromatic N) is 5. The molecule has 0 aliphatic heterocycles. The normalized spacial score (nSPS) is 11.1. The third-order valence-electron chi connectivity index (χ3n) is 3.91. The Labute approximate surface area is 137 Å². The van der Waals surface area contributed by atoms with E-state index >= 15 is 0 Å². The SMILES string of the molecule is CCCCn1c(N(C)C)nc2cc(-c3cncc(C)c3)cnc21. The molecule has 0 aliphatic carbocycles. The molecule has 3 aromatic heterocycles. The lowest BCUT2D eigenvalue weighted by Gasteiger charge is -2.14. The van der Waals surface area contributed by atoms with Crippen LogP contribution in [0.4, 0.5) is 5.95 Å². The van der Waals surface area contributed by atoms with Crippen LogP contribution < -0.4 is 4.90 Å². The third-order valence-corrected chi connectivity index (χ3v) is 3.91. The zero-order chi connectivity index (χ0) is 16.4. The molecule has 0 N–H and O–H groups in total. The summed E-state index contributed by atoms with van der Waals surface area (Å²) < 4.78 is 2.21. The number of hydrogen-bond acceptors (Lipinski definition) is 4. The van der Waals surface area contributed by atoms with Crippen molar-refractivity contribution in [1.82, 2.24) is 19.5 Å². The highest BCUT2D eigenvalue weighted by Gasteiger charge is 2.14. The van der Waals surface area contributed by atoms with Gasteiger partial charge in [-0.05, 0) is 31.0 Å². The van der Waals surface area contributed by atoms with Crippen molar-refractivity contribution in [3.05, 3.63) is 36.3 Å². The van der Waals surface area contributed by atoms with Crippen molar-refractivity contribution in [2.45, 2.75) is 33.2 Å². The lowest BCUT2D eigenvalue weighted by atomic mass is 10.1. The Hall–Kier alpha value is -2.43. The molecule has 0 saturated carbocycles. The van der Waals surface area contributed by atoms with Crippen molar-refractivity contribution >= 4 is 17.1 Å². The maximum atomic E-state index is 4.78. The summed E-state index contributed by atoms with van der Waals surface area (Å²) in [5.74, 6) is 0.959. The highest BCUT2D eigenvalue weighted by molar-refractivity contribution is 5.80. The quantitative estimate of drug-likeness (QED) is 0.721. The van der Waals surface area contributed by atoms with Crippen LogP contribution in [-0.4, -0.2) is 33.6 Å². The van der Waals surface area contributed by atoms with Gasteiger partial charge in [0.25, 0.3) is 0 Å². The van der Waals surface area contributed by atoms with Gasteiger partial charge in [0, 0.05) is 50.4 Å². The number of aromatic nitrogens is 4. The Morgan fingerprint density at radius 2 is 1.87 bits per heavy atom. The van der Waals surface area contributed by atoms with Gasteiger partial charge >= 0.3 is 0 Å². The van der Waals surface area contributed by atoms with Crippen LogP contribution in [0.5, 0.6) is 0 Å². The summed E-state index contributed by atoms with van der Waals surface area (Å²) in [5, 5.41) is 0. The lowest BCUT2D eigenvalue weighted by Crippen LogP contribution is -2.15. The second-order valence-electron chi connectivity index (χ2n) is 6.13. The summed E-state index contributed by atoms with van der Waals surface area (Å²) in [6.07, 6.45) is 7.93. The van der Waals surface area contributed by atoms with Crippen LogP contribution in [0.25, 0.3) is 22.3 Å². The minimum Gasteiger partial charge on any atom is -0.348 e. The van der Waals surface area contributed by atoms with Crippen molar-refractivity contribution in [3.63, 3.8) is 0 Å². The second kappa shape index (κ2) is 6.36. The zero-order valence-corrected chi connectivity index (χ0v) is 14.2. The summed E-state index contributed by atoms with van der Waals surface area (Å²) in [6.45, 7) is 5.19. The van der Waals surface area contributed by atoms with Crippen LogP contribution in [0.1, 0.15) is 25.3 Å². The molecule has 120 valence electrons. The highest BCUT2D eigenvalue weighted by atomic mass is 15.3. The number of aryl methyl sites for hydroxylation is 2. The minimum absolute atomic E-state index is 0.934. The Bertz CT molecular complexity index is 819. The number of unbranched alkanes of at least 4 members (excludes halogenated alkanes) is 1. The highest BCUT2D eigenvalue weighted by Crippen LogP contribution is 2.26. The van der Waals surface area contributed by atoms with Gasteiger partial charge in [-0.15, -0.1) is 0 Å². The van der Waals surface area contributed by atoms with E-state index in [1.54, 1.807) is 0 Å². The lowest BCUT2D eigenvalue weighted by molar-refractivity contribution is 0.639. The molecular formula is C18H23N5. The molecule has 0 saturated heterocycles. The number of fused-ring (bicyclic) bond motifs is 1. The van der Waals surface area contributed by atoms with E-state index in [-0.39, 0.29) is 0 Å². The van der Waals surface area contributed by atoms with Crippen LogP contribution in [0.15, 0.2) is 30.7 Å². The molecule has 0 unspecified atom stereocenters. The number of pyridine rings is 2. The molecule has 5 heteroatoms. The molecule has 0 spiro atoms. The Morgan fingerprint density at radius 1 is 1.09 bits per heavy atom. The Balaban J connectivity index is 2.10. The van der Waals surface area contributed by atoms with Gasteiger partial charge in [0.05, 0.1) is 0 Å². The van der Waals surface area contributed by atoms with Crippen molar-refractivity contribution < 1.29 is 0 Å². The first-order valence-corrected chi connectivity index (χ1v) is 8.05. The summed E-state index contributed by atoms with van der Waals surface area (Å²) in [7, 11) is 4.05. The first kappa shape index (κ1) is 15.5. The molecule has 0 aliphatic rings. The average molecular weight is 309 g/mol. The van der Waals surface area contributed by atoms with Gasteiger partial charge in [0.1, 0.15) is 5.52 Å². The number of hydrogen-bond donors (Lipinski definition) is 0. The average Bonchev–Trinajstić information content (AvgIpc) is 2.91. The van der Waals surface area contributed by atoms with E-state index in [1.165, 1.54) is 0 Å². The second-order valence-corrected chi connectivity index (χ2v) is 6.13. The van der Waals surface area contributed by atoms with Crippen molar-refractivity contribution in [3.8, 4) is 11.1 Å². The maximum Gasteiger partial charge on any atom is 0.207 e. The first-order valence-electron chi connectivity index (χ1n) is 8.05. The minimum atomic E-state index is 0.934. The van der Waals surface area contributed by atoms with Crippen LogP contribution in [0.2, 0.25) is 0 Å². The predicted octanol–water partition coefficient (Wildman–Crippen LogP) is 3.67. The molecule has 3 aromatic rings. The topological polar surface area (TPSA) is 46.8 Å². The van der Waals surface area contributed by atoms with E-state index < -0.39 is 0 Å².